The first-order valence-electron chi connectivity index (χ1n) is 13.6. The standard InChI is InChI=1S/C34H26F3N3O4S/c35-34(36,37)26-17-15-24(16-18-26)30-11-4-5-12-31(30)33(42)39-28-8-6-7-25(21-28)32(41)38-22-23-13-19-27(20-14-23)40-45(43,44)29-9-2-1-3-10-29/h1-21,40H,22H2,(H,38,41)(H,39,42). The second-order valence-electron chi connectivity index (χ2n) is 9.95. The Kier molecular flexibility index (Phi) is 9.01. The molecule has 0 unspecified atom stereocenters. The minimum absolute atomic E-state index is 0.142. The molecule has 0 aromatic heterocycles. The number of benzene rings is 5. The van der Waals surface area contributed by atoms with E-state index in [4.69, 9.17) is 0 Å². The van der Waals surface area contributed by atoms with Gasteiger partial charge in [0.15, 0.2) is 0 Å². The number of carbonyl (C=O) groups is 2. The van der Waals surface area contributed by atoms with Crippen molar-refractivity contribution in [3.8, 4) is 11.1 Å². The maximum absolute atomic E-state index is 13.2. The van der Waals surface area contributed by atoms with Crippen LogP contribution in [0.3, 0.4) is 0 Å². The first kappa shape index (κ1) is 31.0. The lowest BCUT2D eigenvalue weighted by molar-refractivity contribution is -0.137. The maximum atomic E-state index is 13.2. The molecule has 2 amide bonds. The lowest BCUT2D eigenvalue weighted by Gasteiger charge is -2.13. The van der Waals surface area contributed by atoms with E-state index in [1.807, 2.05) is 0 Å². The van der Waals surface area contributed by atoms with Gasteiger partial charge in [-0.15, -0.1) is 0 Å². The molecule has 0 aliphatic rings. The van der Waals surface area contributed by atoms with Gasteiger partial charge in [-0.2, -0.15) is 13.2 Å². The summed E-state index contributed by atoms with van der Waals surface area (Å²) in [5.41, 5.74) is 2.11. The molecule has 228 valence electrons. The number of rotatable bonds is 9. The van der Waals surface area contributed by atoms with E-state index in [2.05, 4.69) is 15.4 Å². The van der Waals surface area contributed by atoms with Crippen molar-refractivity contribution in [2.75, 3.05) is 10.0 Å². The molecule has 0 saturated heterocycles. The first-order chi connectivity index (χ1) is 21.5. The number of hydrogen-bond acceptors (Lipinski definition) is 4. The topological polar surface area (TPSA) is 104 Å². The van der Waals surface area contributed by atoms with E-state index in [0.29, 0.717) is 22.5 Å². The Morgan fingerprint density at radius 2 is 1.33 bits per heavy atom. The molecule has 7 nitrogen and oxygen atoms in total. The molecule has 5 aromatic rings. The van der Waals surface area contributed by atoms with E-state index in [1.54, 1.807) is 84.9 Å². The Bertz CT molecular complexity index is 1930. The molecule has 0 fully saturated rings. The Labute approximate surface area is 257 Å². The molecule has 0 saturated carbocycles. The van der Waals surface area contributed by atoms with Crippen LogP contribution in [0.2, 0.25) is 0 Å². The fourth-order valence-electron chi connectivity index (χ4n) is 4.50. The number of sulfonamides is 1. The van der Waals surface area contributed by atoms with Gasteiger partial charge in [-0.3, -0.25) is 14.3 Å². The van der Waals surface area contributed by atoms with Gasteiger partial charge in [-0.25, -0.2) is 8.42 Å². The number of hydrogen-bond donors (Lipinski definition) is 3. The van der Waals surface area contributed by atoms with Gasteiger partial charge in [-0.1, -0.05) is 66.7 Å². The van der Waals surface area contributed by atoms with Crippen LogP contribution in [0.4, 0.5) is 24.5 Å². The fraction of sp³-hybridized carbons (Fsp3) is 0.0588. The van der Waals surface area contributed by atoms with Gasteiger partial charge in [-0.05, 0) is 77.4 Å². The second kappa shape index (κ2) is 13.1. The van der Waals surface area contributed by atoms with E-state index in [1.165, 1.54) is 30.3 Å². The predicted octanol–water partition coefficient (Wildman–Crippen LogP) is 7.36. The molecule has 5 aromatic carbocycles. The van der Waals surface area contributed by atoms with Gasteiger partial charge in [0.1, 0.15) is 0 Å². The van der Waals surface area contributed by atoms with Crippen LogP contribution in [-0.4, -0.2) is 20.2 Å². The third-order valence-corrected chi connectivity index (χ3v) is 8.19. The zero-order valence-electron chi connectivity index (χ0n) is 23.5. The number of nitrogens with one attached hydrogen (secondary N) is 3. The number of halogens is 3. The Morgan fingerprint density at radius 1 is 0.667 bits per heavy atom. The minimum atomic E-state index is -4.47. The first-order valence-corrected chi connectivity index (χ1v) is 15.1. The summed E-state index contributed by atoms with van der Waals surface area (Å²) in [5.74, 6) is -0.892. The van der Waals surface area contributed by atoms with Crippen molar-refractivity contribution < 1.29 is 31.2 Å². The lowest BCUT2D eigenvalue weighted by atomic mass is 9.98. The third kappa shape index (κ3) is 7.76. The van der Waals surface area contributed by atoms with E-state index in [9.17, 15) is 31.2 Å². The van der Waals surface area contributed by atoms with Crippen LogP contribution < -0.4 is 15.4 Å². The molecule has 0 atom stereocenters. The molecule has 11 heteroatoms. The van der Waals surface area contributed by atoms with Crippen molar-refractivity contribution in [2.24, 2.45) is 0 Å². The van der Waals surface area contributed by atoms with Crippen molar-refractivity contribution >= 4 is 33.2 Å². The molecule has 0 aliphatic heterocycles. The van der Waals surface area contributed by atoms with Gasteiger partial charge in [0.2, 0.25) is 0 Å². The van der Waals surface area contributed by atoms with E-state index in [0.717, 1.165) is 17.7 Å². The van der Waals surface area contributed by atoms with Crippen LogP contribution in [0.1, 0.15) is 31.8 Å². The summed E-state index contributed by atoms with van der Waals surface area (Å²) >= 11 is 0. The molecule has 45 heavy (non-hydrogen) atoms. The van der Waals surface area contributed by atoms with Crippen LogP contribution in [-0.2, 0) is 22.7 Å². The normalized spacial score (nSPS) is 11.4. The third-order valence-electron chi connectivity index (χ3n) is 6.79. The van der Waals surface area contributed by atoms with Gasteiger partial charge >= 0.3 is 6.18 Å². The molecule has 0 aliphatic carbocycles. The van der Waals surface area contributed by atoms with Crippen LogP contribution in [0.5, 0.6) is 0 Å². The average Bonchev–Trinajstić information content (AvgIpc) is 3.04. The quantitative estimate of drug-likeness (QED) is 0.159. The number of anilines is 2. The van der Waals surface area contributed by atoms with E-state index in [-0.39, 0.29) is 22.6 Å². The van der Waals surface area contributed by atoms with Crippen LogP contribution >= 0.6 is 0 Å². The van der Waals surface area contributed by atoms with Gasteiger partial charge in [0, 0.05) is 29.0 Å². The fourth-order valence-corrected chi connectivity index (χ4v) is 5.58. The van der Waals surface area contributed by atoms with Crippen LogP contribution in [0.25, 0.3) is 11.1 Å². The monoisotopic (exact) mass is 629 g/mol. The smallest absolute Gasteiger partial charge is 0.348 e. The highest BCUT2D eigenvalue weighted by atomic mass is 32.2. The lowest BCUT2D eigenvalue weighted by Crippen LogP contribution is -2.23. The SMILES string of the molecule is O=C(NCc1ccc(NS(=O)(=O)c2ccccc2)cc1)c1cccc(NC(=O)c2ccccc2-c2ccc(C(F)(F)F)cc2)c1. The molecular formula is C34H26F3N3O4S. The number of amides is 2. The summed E-state index contributed by atoms with van der Waals surface area (Å²) < 4.78 is 66.6. The zero-order valence-corrected chi connectivity index (χ0v) is 24.3. The van der Waals surface area contributed by atoms with Crippen molar-refractivity contribution in [3.63, 3.8) is 0 Å². The average molecular weight is 630 g/mol. The van der Waals surface area contributed by atoms with E-state index >= 15 is 0 Å². The van der Waals surface area contributed by atoms with Crippen LogP contribution in [0, 0.1) is 0 Å². The Balaban J connectivity index is 1.21. The highest BCUT2D eigenvalue weighted by Gasteiger charge is 2.30. The largest absolute Gasteiger partial charge is 0.416 e. The second-order valence-corrected chi connectivity index (χ2v) is 11.6. The Morgan fingerprint density at radius 3 is 2.02 bits per heavy atom. The van der Waals surface area contributed by atoms with Crippen LogP contribution in [0.15, 0.2) is 132 Å². The highest BCUT2D eigenvalue weighted by Crippen LogP contribution is 2.32. The van der Waals surface area contributed by atoms with E-state index < -0.39 is 33.6 Å². The van der Waals surface area contributed by atoms with Crippen molar-refractivity contribution in [1.82, 2.24) is 5.32 Å². The van der Waals surface area contributed by atoms with Crippen molar-refractivity contribution in [1.29, 1.82) is 0 Å². The molecule has 3 N–H and O–H groups in total. The van der Waals surface area contributed by atoms with Gasteiger partial charge in [0.25, 0.3) is 21.8 Å². The highest BCUT2D eigenvalue weighted by molar-refractivity contribution is 7.92. The molecule has 0 heterocycles. The Hall–Kier alpha value is -5.42. The number of carbonyl (C=O) groups excluding carboxylic acids is 2. The summed E-state index contributed by atoms with van der Waals surface area (Å²) in [6, 6.07) is 32.0. The van der Waals surface area contributed by atoms with Crippen molar-refractivity contribution in [2.45, 2.75) is 17.6 Å². The summed E-state index contributed by atoms with van der Waals surface area (Å²) in [5, 5.41) is 5.55. The molecule has 0 radical (unpaired) electrons. The molecular weight excluding hydrogens is 603 g/mol. The predicted molar refractivity (Wildman–Crippen MR) is 166 cm³/mol. The van der Waals surface area contributed by atoms with Crippen molar-refractivity contribution in [3.05, 3.63) is 150 Å². The molecule has 0 spiro atoms. The molecule has 0 bridgehead atoms. The maximum Gasteiger partial charge on any atom is 0.416 e. The summed E-state index contributed by atoms with van der Waals surface area (Å²) in [4.78, 5) is 26.2. The van der Waals surface area contributed by atoms with Gasteiger partial charge < -0.3 is 10.6 Å². The summed E-state index contributed by atoms with van der Waals surface area (Å²) in [6.45, 7) is 0.168. The minimum Gasteiger partial charge on any atom is -0.348 e. The zero-order chi connectivity index (χ0) is 32.0. The number of alkyl halides is 3. The molecule has 5 rings (SSSR count). The summed E-state index contributed by atoms with van der Waals surface area (Å²) in [6.07, 6.45) is -4.47. The summed E-state index contributed by atoms with van der Waals surface area (Å²) in [7, 11) is -3.73. The van der Waals surface area contributed by atoms with Gasteiger partial charge in [0.05, 0.1) is 10.5 Å².